The molecule has 2 aromatic heterocycles. The van der Waals surface area contributed by atoms with Crippen molar-refractivity contribution >= 4 is 11.8 Å². The first kappa shape index (κ1) is 15.9. The lowest BCUT2D eigenvalue weighted by Gasteiger charge is -2.21. The lowest BCUT2D eigenvalue weighted by Crippen LogP contribution is -2.25. The van der Waals surface area contributed by atoms with Gasteiger partial charge in [-0.05, 0) is 24.3 Å². The molecular formula is C16H15F3N4O2. The Kier molecular flexibility index (Phi) is 3.48. The topological polar surface area (TPSA) is 71.2 Å². The van der Waals surface area contributed by atoms with Crippen LogP contribution in [0.15, 0.2) is 24.5 Å². The van der Waals surface area contributed by atoms with Gasteiger partial charge >= 0.3 is 12.1 Å². The van der Waals surface area contributed by atoms with Crippen LogP contribution in [0.4, 0.5) is 19.0 Å². The summed E-state index contributed by atoms with van der Waals surface area (Å²) in [6.07, 6.45) is -1.12. The Labute approximate surface area is 140 Å². The third-order valence-corrected chi connectivity index (χ3v) is 4.75. The number of carbonyl (C=O) groups is 1. The highest BCUT2D eigenvalue weighted by Crippen LogP contribution is 2.46. The van der Waals surface area contributed by atoms with Crippen molar-refractivity contribution in [1.82, 2.24) is 14.8 Å². The Morgan fingerprint density at radius 2 is 2.00 bits per heavy atom. The van der Waals surface area contributed by atoms with Crippen molar-refractivity contribution in [3.8, 4) is 0 Å². The SMILES string of the molecule is O=C(O)c1cnn(Cc2ccc(N3CC4CC4C3)nc2C(F)(F)F)c1. The van der Waals surface area contributed by atoms with E-state index in [1.54, 1.807) is 6.07 Å². The van der Waals surface area contributed by atoms with Crippen LogP contribution in [-0.4, -0.2) is 38.9 Å². The van der Waals surface area contributed by atoms with Crippen LogP contribution in [0.5, 0.6) is 0 Å². The number of anilines is 1. The van der Waals surface area contributed by atoms with Crippen LogP contribution in [0.2, 0.25) is 0 Å². The van der Waals surface area contributed by atoms with Crippen LogP contribution in [0, 0.1) is 11.8 Å². The molecule has 0 aromatic carbocycles. The van der Waals surface area contributed by atoms with E-state index in [-0.39, 0.29) is 17.7 Å². The summed E-state index contributed by atoms with van der Waals surface area (Å²) in [5, 5.41) is 12.7. The molecule has 2 unspecified atom stereocenters. The number of halogens is 3. The predicted octanol–water partition coefficient (Wildman–Crippen LogP) is 2.50. The van der Waals surface area contributed by atoms with E-state index < -0.39 is 17.8 Å². The van der Waals surface area contributed by atoms with Gasteiger partial charge in [0, 0.05) is 24.8 Å². The number of aromatic nitrogens is 3. The van der Waals surface area contributed by atoms with Crippen molar-refractivity contribution in [2.45, 2.75) is 19.1 Å². The number of hydrogen-bond acceptors (Lipinski definition) is 4. The number of fused-ring (bicyclic) bond motifs is 1. The van der Waals surface area contributed by atoms with Crippen LogP contribution in [-0.2, 0) is 12.7 Å². The maximum absolute atomic E-state index is 13.4. The monoisotopic (exact) mass is 352 g/mol. The van der Waals surface area contributed by atoms with Gasteiger partial charge in [0.15, 0.2) is 5.69 Å². The van der Waals surface area contributed by atoms with Crippen molar-refractivity contribution in [1.29, 1.82) is 0 Å². The van der Waals surface area contributed by atoms with E-state index >= 15 is 0 Å². The zero-order chi connectivity index (χ0) is 17.8. The highest BCUT2D eigenvalue weighted by molar-refractivity contribution is 5.86. The predicted molar refractivity (Wildman–Crippen MR) is 81.3 cm³/mol. The Hall–Kier alpha value is -2.58. The molecule has 4 rings (SSSR count). The summed E-state index contributed by atoms with van der Waals surface area (Å²) in [4.78, 5) is 16.6. The standard InChI is InChI=1S/C16H15F3N4O2/c17-16(18,19)14-9(7-23-8-12(4-20-23)15(24)25)1-2-13(21-14)22-5-10-3-11(10)6-22/h1-2,4,8,10-11H,3,5-7H2,(H,24,25). The molecule has 1 aliphatic heterocycles. The molecule has 2 aliphatic rings. The van der Waals surface area contributed by atoms with Gasteiger partial charge in [-0.3, -0.25) is 4.68 Å². The molecule has 25 heavy (non-hydrogen) atoms. The lowest BCUT2D eigenvalue weighted by atomic mass is 10.1. The molecule has 2 aromatic rings. The first-order chi connectivity index (χ1) is 11.8. The largest absolute Gasteiger partial charge is 0.478 e. The van der Waals surface area contributed by atoms with Crippen LogP contribution in [0.3, 0.4) is 0 Å². The van der Waals surface area contributed by atoms with E-state index in [1.807, 2.05) is 4.90 Å². The van der Waals surface area contributed by atoms with Gasteiger partial charge in [0.05, 0.1) is 18.3 Å². The number of nitrogens with zero attached hydrogens (tertiary/aromatic N) is 4. The zero-order valence-electron chi connectivity index (χ0n) is 13.1. The molecule has 1 saturated carbocycles. The third-order valence-electron chi connectivity index (χ3n) is 4.75. The van der Waals surface area contributed by atoms with Gasteiger partial charge in [0.2, 0.25) is 0 Å². The van der Waals surface area contributed by atoms with E-state index in [9.17, 15) is 18.0 Å². The number of alkyl halides is 3. The molecule has 0 amide bonds. The molecule has 6 nitrogen and oxygen atoms in total. The molecule has 2 atom stereocenters. The first-order valence-corrected chi connectivity index (χ1v) is 7.89. The second-order valence-corrected chi connectivity index (χ2v) is 6.57. The summed E-state index contributed by atoms with van der Waals surface area (Å²) < 4.78 is 41.5. The van der Waals surface area contributed by atoms with E-state index in [1.165, 1.54) is 16.9 Å². The molecule has 1 N–H and O–H groups in total. The van der Waals surface area contributed by atoms with Gasteiger partial charge in [-0.25, -0.2) is 9.78 Å². The molecule has 0 bridgehead atoms. The average molecular weight is 352 g/mol. The number of pyridine rings is 1. The van der Waals surface area contributed by atoms with Gasteiger partial charge in [0.1, 0.15) is 5.82 Å². The highest BCUT2D eigenvalue weighted by Gasteiger charge is 2.46. The minimum Gasteiger partial charge on any atom is -0.478 e. The van der Waals surface area contributed by atoms with Gasteiger partial charge in [-0.2, -0.15) is 18.3 Å². The highest BCUT2D eigenvalue weighted by atomic mass is 19.4. The maximum Gasteiger partial charge on any atom is 0.433 e. The van der Waals surface area contributed by atoms with Crippen LogP contribution in [0.1, 0.15) is 28.0 Å². The minimum atomic E-state index is -4.59. The molecule has 132 valence electrons. The van der Waals surface area contributed by atoms with E-state index in [2.05, 4.69) is 10.1 Å². The van der Waals surface area contributed by atoms with Crippen molar-refractivity contribution in [3.63, 3.8) is 0 Å². The van der Waals surface area contributed by atoms with Crippen LogP contribution >= 0.6 is 0 Å². The summed E-state index contributed by atoms with van der Waals surface area (Å²) in [6.45, 7) is 1.32. The third kappa shape index (κ3) is 3.06. The summed E-state index contributed by atoms with van der Waals surface area (Å²) in [5.41, 5.74) is -1.06. The number of piperidine rings is 1. The summed E-state index contributed by atoms with van der Waals surface area (Å²) >= 11 is 0. The van der Waals surface area contributed by atoms with Crippen LogP contribution in [0.25, 0.3) is 0 Å². The summed E-state index contributed by atoms with van der Waals surface area (Å²) in [5.74, 6) is 0.349. The van der Waals surface area contributed by atoms with E-state index in [0.29, 0.717) is 17.7 Å². The Morgan fingerprint density at radius 1 is 1.28 bits per heavy atom. The summed E-state index contributed by atoms with van der Waals surface area (Å²) in [7, 11) is 0. The van der Waals surface area contributed by atoms with Gasteiger partial charge < -0.3 is 10.0 Å². The molecule has 1 aliphatic carbocycles. The number of carboxylic acid groups (broad SMARTS) is 1. The second-order valence-electron chi connectivity index (χ2n) is 6.57. The fourth-order valence-electron chi connectivity index (χ4n) is 3.35. The van der Waals surface area contributed by atoms with Gasteiger partial charge in [-0.15, -0.1) is 0 Å². The van der Waals surface area contributed by atoms with Crippen LogP contribution < -0.4 is 4.90 Å². The van der Waals surface area contributed by atoms with Crippen molar-refractivity contribution in [3.05, 3.63) is 41.3 Å². The van der Waals surface area contributed by atoms with Gasteiger partial charge in [-0.1, -0.05) is 6.07 Å². The Morgan fingerprint density at radius 3 is 2.60 bits per heavy atom. The second kappa shape index (κ2) is 5.47. The van der Waals surface area contributed by atoms with E-state index in [0.717, 1.165) is 25.7 Å². The Bertz CT molecular complexity index is 823. The zero-order valence-corrected chi connectivity index (χ0v) is 13.1. The maximum atomic E-state index is 13.4. The summed E-state index contributed by atoms with van der Waals surface area (Å²) in [6, 6.07) is 2.99. The molecule has 9 heteroatoms. The molecule has 0 radical (unpaired) electrons. The average Bonchev–Trinajstić information content (AvgIpc) is 2.96. The number of aromatic carboxylic acids is 1. The minimum absolute atomic E-state index is 0.0411. The smallest absolute Gasteiger partial charge is 0.433 e. The molecule has 3 heterocycles. The molecular weight excluding hydrogens is 337 g/mol. The van der Waals surface area contributed by atoms with Gasteiger partial charge in [0.25, 0.3) is 0 Å². The first-order valence-electron chi connectivity index (χ1n) is 7.89. The number of carboxylic acids is 1. The van der Waals surface area contributed by atoms with Crippen molar-refractivity contribution in [2.75, 3.05) is 18.0 Å². The normalized spacial score (nSPS) is 22.1. The number of rotatable bonds is 4. The fraction of sp³-hybridized carbons (Fsp3) is 0.438. The lowest BCUT2D eigenvalue weighted by molar-refractivity contribution is -0.141. The van der Waals surface area contributed by atoms with Crippen molar-refractivity contribution in [2.24, 2.45) is 11.8 Å². The van der Waals surface area contributed by atoms with Crippen molar-refractivity contribution < 1.29 is 23.1 Å². The quantitative estimate of drug-likeness (QED) is 0.915. The fourth-order valence-corrected chi connectivity index (χ4v) is 3.35. The number of hydrogen-bond donors (Lipinski definition) is 1. The molecule has 2 fully saturated rings. The molecule has 0 spiro atoms. The molecule has 1 saturated heterocycles. The van der Waals surface area contributed by atoms with E-state index in [4.69, 9.17) is 5.11 Å². The Balaban J connectivity index is 1.62.